The summed E-state index contributed by atoms with van der Waals surface area (Å²) >= 11 is 0. The molecule has 1 heterocycles. The van der Waals surface area contributed by atoms with Crippen molar-refractivity contribution < 1.29 is 0 Å². The zero-order valence-corrected chi connectivity index (χ0v) is 16.0. The van der Waals surface area contributed by atoms with E-state index >= 15 is 0 Å². The second-order valence-corrected chi connectivity index (χ2v) is 15.5. The quantitative estimate of drug-likeness (QED) is 0.500. The van der Waals surface area contributed by atoms with E-state index in [1.54, 1.807) is 0 Å². The van der Waals surface area contributed by atoms with Crippen LogP contribution >= 0.6 is 7.26 Å². The van der Waals surface area contributed by atoms with Gasteiger partial charge in [0.1, 0.15) is 0 Å². The van der Waals surface area contributed by atoms with Gasteiger partial charge in [-0.05, 0) is 0 Å². The van der Waals surface area contributed by atoms with E-state index in [0.717, 1.165) is 0 Å². The average Bonchev–Trinajstić information content (AvgIpc) is 2.14. The Hall–Kier alpha value is 0.430. The minimum atomic E-state index is -1.41. The second kappa shape index (κ2) is 3.55. The number of hydrogen-bond acceptors (Lipinski definition) is 0. The summed E-state index contributed by atoms with van der Waals surface area (Å²) in [5, 5.41) is 0.866. The van der Waals surface area contributed by atoms with E-state index in [0.29, 0.717) is 26.6 Å². The third-order valence-electron chi connectivity index (χ3n) is 9.38. The molecule has 0 aromatic rings. The first-order valence-electron chi connectivity index (χ1n) is 7.50. The van der Waals surface area contributed by atoms with Crippen LogP contribution in [-0.4, -0.2) is 23.6 Å². The van der Waals surface area contributed by atoms with Crippen LogP contribution < -0.4 is 0 Å². The Morgan fingerprint density at radius 1 is 0.444 bits per heavy atom. The van der Waals surface area contributed by atoms with Crippen LogP contribution in [0, 0.1) is 16.2 Å². The van der Waals surface area contributed by atoms with Crippen LogP contribution in [0.2, 0.25) is 0 Å². The van der Waals surface area contributed by atoms with Crippen LogP contribution in [-0.2, 0) is 0 Å². The molecule has 1 rings (SSSR count). The molecule has 110 valence electrons. The van der Waals surface area contributed by atoms with Crippen molar-refractivity contribution in [3.63, 3.8) is 0 Å². The molecule has 0 spiro atoms. The van der Waals surface area contributed by atoms with E-state index in [2.05, 4.69) is 82.6 Å². The first-order valence-corrected chi connectivity index (χ1v) is 10.5. The van der Waals surface area contributed by atoms with Gasteiger partial charge in [0.15, 0.2) is 0 Å². The molecule has 0 N–H and O–H groups in total. The molecule has 0 aliphatic carbocycles. The predicted octanol–water partition coefficient (Wildman–Crippen LogP) is 5.65. The normalized spacial score (nSPS) is 35.8. The second-order valence-electron chi connectivity index (χ2n) is 9.75. The van der Waals surface area contributed by atoms with Gasteiger partial charge in [-0.2, -0.15) is 0 Å². The molecule has 18 heavy (non-hydrogen) atoms. The van der Waals surface area contributed by atoms with Gasteiger partial charge >= 0.3 is 116 Å². The number of rotatable bonds is 0. The summed E-state index contributed by atoms with van der Waals surface area (Å²) in [6.07, 6.45) is 0. The van der Waals surface area contributed by atoms with Gasteiger partial charge in [0.05, 0.1) is 0 Å². The third-order valence-corrected chi connectivity index (χ3v) is 16.9. The van der Waals surface area contributed by atoms with Gasteiger partial charge < -0.3 is 0 Å². The fourth-order valence-electron chi connectivity index (χ4n) is 4.69. The van der Waals surface area contributed by atoms with Gasteiger partial charge in [-0.1, -0.05) is 0 Å². The molecule has 0 radical (unpaired) electrons. The molecule has 0 unspecified atom stereocenters. The van der Waals surface area contributed by atoms with Gasteiger partial charge in [0.2, 0.25) is 0 Å². The van der Waals surface area contributed by atoms with Crippen molar-refractivity contribution in [3.8, 4) is 0 Å². The molecule has 1 fully saturated rings. The molecular formula is C17H37P. The third kappa shape index (κ3) is 1.32. The summed E-state index contributed by atoms with van der Waals surface area (Å²) in [4.78, 5) is 0. The monoisotopic (exact) mass is 272 g/mol. The zero-order chi connectivity index (χ0) is 15.0. The Morgan fingerprint density at radius 2 is 0.667 bits per heavy atom. The Labute approximate surface area is 117 Å². The minimum absolute atomic E-state index is 0.329. The van der Waals surface area contributed by atoms with Crippen LogP contribution in [0.25, 0.3) is 0 Å². The summed E-state index contributed by atoms with van der Waals surface area (Å²) < 4.78 is 0. The van der Waals surface area contributed by atoms with E-state index in [1.807, 2.05) is 0 Å². The van der Waals surface area contributed by atoms with Gasteiger partial charge in [-0.3, -0.25) is 0 Å². The molecule has 1 heteroatoms. The predicted molar refractivity (Wildman–Crippen MR) is 89.7 cm³/mol. The first kappa shape index (κ1) is 16.5. The van der Waals surface area contributed by atoms with E-state index < -0.39 is 7.26 Å². The van der Waals surface area contributed by atoms with E-state index in [4.69, 9.17) is 0 Å². The maximum atomic E-state index is 2.62. The summed E-state index contributed by atoms with van der Waals surface area (Å²) in [7, 11) is -1.41. The van der Waals surface area contributed by atoms with E-state index in [-0.39, 0.29) is 0 Å². The van der Waals surface area contributed by atoms with Crippen molar-refractivity contribution in [3.05, 3.63) is 0 Å². The van der Waals surface area contributed by atoms with Crippen molar-refractivity contribution >= 4 is 7.26 Å². The van der Waals surface area contributed by atoms with Gasteiger partial charge in [-0.15, -0.1) is 0 Å². The fourth-order valence-corrected chi connectivity index (χ4v) is 10.0. The van der Waals surface area contributed by atoms with Crippen molar-refractivity contribution in [2.75, 3.05) is 13.3 Å². The van der Waals surface area contributed by atoms with Crippen LogP contribution in [0.1, 0.15) is 69.2 Å². The summed E-state index contributed by atoms with van der Waals surface area (Å²) in [6.45, 7) is 30.4. The summed E-state index contributed by atoms with van der Waals surface area (Å²) in [6, 6.07) is 0. The fraction of sp³-hybridized carbons (Fsp3) is 1.00. The van der Waals surface area contributed by atoms with Gasteiger partial charge in [0, 0.05) is 0 Å². The standard InChI is InChI=1S/C17H37P/c1-13(2)14(3,4)16(7,8)18(11,12)17(9,10)15(13,5)6/h18H,1-12H3. The molecular weight excluding hydrogens is 235 g/mol. The molecule has 0 aromatic heterocycles. The van der Waals surface area contributed by atoms with Crippen LogP contribution in [0.3, 0.4) is 0 Å². The molecule has 1 aliphatic rings. The zero-order valence-electron chi connectivity index (χ0n) is 15.0. The van der Waals surface area contributed by atoms with Crippen molar-refractivity contribution in [1.82, 2.24) is 0 Å². The van der Waals surface area contributed by atoms with Crippen molar-refractivity contribution in [1.29, 1.82) is 0 Å². The molecule has 0 aromatic carbocycles. The van der Waals surface area contributed by atoms with Crippen LogP contribution in [0.4, 0.5) is 0 Å². The van der Waals surface area contributed by atoms with E-state index in [9.17, 15) is 0 Å². The SMILES string of the molecule is CC1(C)C(C)(C)C(C)(C)[PH](C)(C)C(C)(C)C1(C)C. The van der Waals surface area contributed by atoms with Gasteiger partial charge in [0.25, 0.3) is 0 Å². The molecule has 0 amide bonds. The Balaban J connectivity index is 3.72. The molecule has 0 nitrogen and oxygen atoms in total. The first-order chi connectivity index (χ1) is 7.50. The van der Waals surface area contributed by atoms with Crippen molar-refractivity contribution in [2.24, 2.45) is 16.2 Å². The molecule has 0 atom stereocenters. The Kier molecular flexibility index (Phi) is 3.25. The van der Waals surface area contributed by atoms with Gasteiger partial charge in [-0.25, -0.2) is 0 Å². The summed E-state index contributed by atoms with van der Waals surface area (Å²) in [5.74, 6) is 0. The average molecular weight is 272 g/mol. The topological polar surface area (TPSA) is 0 Å². The van der Waals surface area contributed by atoms with Crippen LogP contribution in [0.15, 0.2) is 0 Å². The summed E-state index contributed by atoms with van der Waals surface area (Å²) in [5.41, 5.74) is 1.04. The van der Waals surface area contributed by atoms with Crippen molar-refractivity contribution in [2.45, 2.75) is 79.5 Å². The Morgan fingerprint density at radius 3 is 0.889 bits per heavy atom. The Bertz CT molecular complexity index is 237. The van der Waals surface area contributed by atoms with E-state index in [1.165, 1.54) is 0 Å². The molecule has 0 bridgehead atoms. The molecule has 1 aliphatic heterocycles. The van der Waals surface area contributed by atoms with Crippen LogP contribution in [0.5, 0.6) is 0 Å². The number of hydrogen-bond donors (Lipinski definition) is 0. The molecule has 1 saturated heterocycles. The molecule has 0 saturated carbocycles. The maximum absolute atomic E-state index is 2.62.